The summed E-state index contributed by atoms with van der Waals surface area (Å²) in [7, 11) is -7.55. The van der Waals surface area contributed by atoms with Gasteiger partial charge in [-0.05, 0) is 48.6 Å². The van der Waals surface area contributed by atoms with Crippen molar-refractivity contribution in [3.8, 4) is 0 Å². The van der Waals surface area contributed by atoms with Crippen LogP contribution >= 0.6 is 0 Å². The van der Waals surface area contributed by atoms with E-state index in [9.17, 15) is 26.7 Å². The van der Waals surface area contributed by atoms with Crippen molar-refractivity contribution in [1.29, 1.82) is 0 Å². The van der Waals surface area contributed by atoms with Crippen LogP contribution in [0, 0.1) is 0 Å². The number of fused-ring (bicyclic) bond motifs is 1. The van der Waals surface area contributed by atoms with E-state index < -0.39 is 44.5 Å². The number of likely N-dealkylation sites (tertiary alicyclic amines) is 1. The van der Waals surface area contributed by atoms with E-state index in [1.807, 2.05) is 12.1 Å². The molecule has 0 aliphatic carbocycles. The lowest BCUT2D eigenvalue weighted by Gasteiger charge is -2.28. The fourth-order valence-electron chi connectivity index (χ4n) is 4.30. The molecule has 1 aliphatic heterocycles. The molecule has 2 aromatic rings. The molecule has 5 N–H and O–H groups in total. The average Bonchev–Trinajstić information content (AvgIpc) is 3.31. The first-order valence-electron chi connectivity index (χ1n) is 11.7. The molecule has 0 spiro atoms. The van der Waals surface area contributed by atoms with Gasteiger partial charge < -0.3 is 21.2 Å². The molecule has 0 bridgehead atoms. The van der Waals surface area contributed by atoms with Crippen molar-refractivity contribution < 1.29 is 26.7 Å². The summed E-state index contributed by atoms with van der Waals surface area (Å²) in [5.41, 5.74) is 0. The van der Waals surface area contributed by atoms with E-state index >= 15 is 0 Å². The van der Waals surface area contributed by atoms with Gasteiger partial charge in [0.1, 0.15) is 12.4 Å². The van der Waals surface area contributed by atoms with Gasteiger partial charge in [-0.3, -0.25) is 4.79 Å². The van der Waals surface area contributed by atoms with E-state index in [4.69, 9.17) is 5.84 Å². The highest BCUT2D eigenvalue weighted by Gasteiger charge is 2.37. The van der Waals surface area contributed by atoms with E-state index in [1.54, 1.807) is 18.2 Å². The molecule has 1 saturated heterocycles. The normalized spacial score (nSPS) is 17.6. The minimum absolute atomic E-state index is 0.0228. The van der Waals surface area contributed by atoms with E-state index in [1.165, 1.54) is 23.4 Å². The molecule has 2 aromatic carbocycles. The number of sulfone groups is 1. The van der Waals surface area contributed by atoms with Gasteiger partial charge in [-0.2, -0.15) is 9.82 Å². The quantitative estimate of drug-likeness (QED) is 0.0916. The van der Waals surface area contributed by atoms with E-state index in [-0.39, 0.29) is 16.4 Å². The van der Waals surface area contributed by atoms with Crippen LogP contribution in [0.25, 0.3) is 10.8 Å². The predicted octanol–water partition coefficient (Wildman–Crippen LogP) is 0.157. The van der Waals surface area contributed by atoms with Gasteiger partial charge in [0.2, 0.25) is 15.9 Å². The predicted molar refractivity (Wildman–Crippen MR) is 138 cm³/mol. The summed E-state index contributed by atoms with van der Waals surface area (Å²) in [6.45, 7) is 0.0933. The average molecular weight is 540 g/mol. The smallest absolute Gasteiger partial charge is 0.243 e. The summed E-state index contributed by atoms with van der Waals surface area (Å²) < 4.78 is 53.5. The van der Waals surface area contributed by atoms with Crippen molar-refractivity contribution in [3.05, 3.63) is 42.5 Å². The molecule has 1 fully saturated rings. The van der Waals surface area contributed by atoms with Crippen molar-refractivity contribution in [2.24, 2.45) is 10.9 Å². The number of hydrogen-bond donors (Lipinski definition) is 4. The fourth-order valence-corrected chi connectivity index (χ4v) is 7.26. The van der Waals surface area contributed by atoms with E-state index in [2.05, 4.69) is 15.1 Å². The SMILES string of the molecule is NN=CNCCCCS(=O)(=O)CC1CCCN1C(=O)C(CO)NS(=O)(=O)c1ccc2ccccc2c1. The van der Waals surface area contributed by atoms with E-state index in [0.717, 1.165) is 10.8 Å². The lowest BCUT2D eigenvalue weighted by Crippen LogP contribution is -2.52. The molecule has 3 rings (SSSR count). The first-order chi connectivity index (χ1) is 17.2. The van der Waals surface area contributed by atoms with Gasteiger partial charge >= 0.3 is 0 Å². The zero-order valence-electron chi connectivity index (χ0n) is 19.9. The highest BCUT2D eigenvalue weighted by Crippen LogP contribution is 2.22. The third-order valence-corrected chi connectivity index (χ3v) is 9.38. The number of amides is 1. The van der Waals surface area contributed by atoms with Gasteiger partial charge in [0.25, 0.3) is 0 Å². The summed E-state index contributed by atoms with van der Waals surface area (Å²) in [4.78, 5) is 14.5. The number of hydrazone groups is 1. The Morgan fingerprint density at radius 1 is 1.17 bits per heavy atom. The number of aliphatic hydroxyl groups is 1. The highest BCUT2D eigenvalue weighted by molar-refractivity contribution is 7.91. The molecule has 36 heavy (non-hydrogen) atoms. The maximum Gasteiger partial charge on any atom is 0.243 e. The fraction of sp³-hybridized carbons (Fsp3) is 0.478. The molecule has 0 saturated carbocycles. The lowest BCUT2D eigenvalue weighted by molar-refractivity contribution is -0.134. The molecular weight excluding hydrogens is 506 g/mol. The van der Waals surface area contributed by atoms with Crippen molar-refractivity contribution in [3.63, 3.8) is 0 Å². The minimum atomic E-state index is -4.11. The van der Waals surface area contributed by atoms with Crippen LogP contribution in [-0.2, 0) is 24.7 Å². The summed E-state index contributed by atoms with van der Waals surface area (Å²) in [6.07, 6.45) is 3.49. The van der Waals surface area contributed by atoms with Crippen LogP contribution < -0.4 is 15.9 Å². The van der Waals surface area contributed by atoms with Crippen molar-refractivity contribution in [1.82, 2.24) is 14.9 Å². The number of rotatable bonds is 13. The van der Waals surface area contributed by atoms with Crippen molar-refractivity contribution >= 4 is 42.9 Å². The second-order valence-electron chi connectivity index (χ2n) is 8.75. The lowest BCUT2D eigenvalue weighted by atomic mass is 10.1. The van der Waals surface area contributed by atoms with Gasteiger partial charge in [-0.1, -0.05) is 30.3 Å². The highest BCUT2D eigenvalue weighted by atomic mass is 32.2. The zero-order chi connectivity index (χ0) is 26.2. The molecule has 1 heterocycles. The number of carbonyl (C=O) groups is 1. The number of carbonyl (C=O) groups excluding carboxylic acids is 1. The molecule has 1 amide bonds. The van der Waals surface area contributed by atoms with Crippen molar-refractivity contribution in [2.75, 3.05) is 31.2 Å². The second-order valence-corrected chi connectivity index (χ2v) is 12.7. The Hall–Kier alpha value is -2.74. The Morgan fingerprint density at radius 3 is 2.64 bits per heavy atom. The largest absolute Gasteiger partial charge is 0.394 e. The molecule has 2 unspecified atom stereocenters. The van der Waals surface area contributed by atoms with Crippen LogP contribution in [0.3, 0.4) is 0 Å². The van der Waals surface area contributed by atoms with Crippen LogP contribution in [0.1, 0.15) is 25.7 Å². The maximum atomic E-state index is 13.2. The Kier molecular flexibility index (Phi) is 9.65. The zero-order valence-corrected chi connectivity index (χ0v) is 21.5. The third-order valence-electron chi connectivity index (χ3n) is 6.11. The summed E-state index contributed by atoms with van der Waals surface area (Å²) in [5, 5.41) is 17.6. The molecule has 2 atom stereocenters. The summed E-state index contributed by atoms with van der Waals surface area (Å²) in [6, 6.07) is 9.90. The van der Waals surface area contributed by atoms with Crippen LogP contribution in [0.5, 0.6) is 0 Å². The standard InChI is InChI=1S/C23H33N5O6S2/c24-26-17-25-11-3-4-13-35(31,32)16-20-8-5-12-28(20)23(30)22(15-29)27-36(33,34)21-10-9-18-6-1-2-7-19(18)14-21/h1-2,6-7,9-10,14,17,20,22,27,29H,3-5,8,11-13,15-16,24H2,(H,25,26). The first kappa shape index (κ1) is 27.8. The number of nitrogens with two attached hydrogens (primary N) is 1. The van der Waals surface area contributed by atoms with E-state index in [0.29, 0.717) is 38.8 Å². The number of hydrogen-bond acceptors (Lipinski definition) is 8. The number of nitrogens with one attached hydrogen (secondary N) is 2. The van der Waals surface area contributed by atoms with Gasteiger partial charge in [0.05, 0.1) is 23.0 Å². The first-order valence-corrected chi connectivity index (χ1v) is 15.1. The number of sulfonamides is 1. The monoisotopic (exact) mass is 539 g/mol. The van der Waals surface area contributed by atoms with Crippen LogP contribution in [-0.4, -0.2) is 82.4 Å². The Labute approximate surface area is 211 Å². The minimum Gasteiger partial charge on any atom is -0.394 e. The summed E-state index contributed by atoms with van der Waals surface area (Å²) in [5.74, 6) is 4.12. The molecule has 1 aliphatic rings. The number of benzene rings is 2. The van der Waals surface area contributed by atoms with Crippen molar-refractivity contribution in [2.45, 2.75) is 42.7 Å². The Bertz CT molecular complexity index is 1280. The van der Waals surface area contributed by atoms with Crippen LogP contribution in [0.15, 0.2) is 52.5 Å². The maximum absolute atomic E-state index is 13.2. The number of aliphatic hydroxyl groups excluding tert-OH is 1. The molecule has 198 valence electrons. The number of nitrogens with zero attached hydrogens (tertiary/aromatic N) is 2. The Balaban J connectivity index is 1.64. The van der Waals surface area contributed by atoms with Crippen LogP contribution in [0.4, 0.5) is 0 Å². The van der Waals surface area contributed by atoms with Gasteiger partial charge in [0, 0.05) is 19.1 Å². The topological polar surface area (TPSA) is 171 Å². The van der Waals surface area contributed by atoms with Gasteiger partial charge in [-0.25, -0.2) is 16.8 Å². The van der Waals surface area contributed by atoms with Crippen LogP contribution in [0.2, 0.25) is 0 Å². The molecular formula is C23H33N5O6S2. The second kappa shape index (κ2) is 12.5. The number of unbranched alkanes of at least 4 members (excludes halogenated alkanes) is 1. The molecule has 13 heteroatoms. The van der Waals surface area contributed by atoms with Gasteiger partial charge in [-0.15, -0.1) is 0 Å². The molecule has 0 aromatic heterocycles. The Morgan fingerprint density at radius 2 is 1.92 bits per heavy atom. The van der Waals surface area contributed by atoms with Gasteiger partial charge in [0.15, 0.2) is 9.84 Å². The summed E-state index contributed by atoms with van der Waals surface area (Å²) >= 11 is 0. The molecule has 11 nitrogen and oxygen atoms in total. The third kappa shape index (κ3) is 7.38. The molecule has 0 radical (unpaired) electrons.